The number of hydrogen-bond donors (Lipinski definition) is 2. The Morgan fingerprint density at radius 2 is 1.79 bits per heavy atom. The normalized spacial score (nSPS) is 20.6. The number of carbonyl (C=O) groups excluding carboxylic acids is 3. The first-order chi connectivity index (χ1) is 16.4. The highest BCUT2D eigenvalue weighted by Gasteiger charge is 2.49. The van der Waals surface area contributed by atoms with Gasteiger partial charge in [0.05, 0.1) is 6.10 Å². The number of rotatable bonds is 6. The first-order valence-corrected chi connectivity index (χ1v) is 11.6. The first kappa shape index (κ1) is 21.9. The zero-order chi connectivity index (χ0) is 23.7. The minimum Gasteiger partial charge on any atom is -0.490 e. The van der Waals surface area contributed by atoms with Gasteiger partial charge in [0.1, 0.15) is 17.8 Å². The van der Waals surface area contributed by atoms with Crippen molar-refractivity contribution in [1.29, 1.82) is 0 Å². The van der Waals surface area contributed by atoms with E-state index in [2.05, 4.69) is 10.6 Å². The average Bonchev–Trinajstić information content (AvgIpc) is 3.41. The van der Waals surface area contributed by atoms with Crippen molar-refractivity contribution in [2.45, 2.75) is 44.2 Å². The SMILES string of the molecule is C[C@@]1(c2ccc3ccccc3c2)NC(=O)N(CC(=O)Nc2cccc(OC3CCCC3)c2)C1=O. The Morgan fingerprint density at radius 3 is 2.59 bits per heavy atom. The number of imide groups is 1. The zero-order valence-electron chi connectivity index (χ0n) is 19.0. The Hall–Kier alpha value is -3.87. The smallest absolute Gasteiger partial charge is 0.325 e. The number of ether oxygens (including phenoxy) is 1. The predicted octanol–water partition coefficient (Wildman–Crippen LogP) is 4.57. The summed E-state index contributed by atoms with van der Waals surface area (Å²) in [4.78, 5) is 39.6. The van der Waals surface area contributed by atoms with Crippen molar-refractivity contribution in [2.75, 3.05) is 11.9 Å². The molecular formula is C27H27N3O4. The molecule has 1 aliphatic heterocycles. The van der Waals surface area contributed by atoms with Gasteiger partial charge in [-0.3, -0.25) is 14.5 Å². The van der Waals surface area contributed by atoms with E-state index >= 15 is 0 Å². The molecule has 1 aliphatic carbocycles. The number of fused-ring (bicyclic) bond motifs is 1. The predicted molar refractivity (Wildman–Crippen MR) is 130 cm³/mol. The second-order valence-corrected chi connectivity index (χ2v) is 9.11. The minimum atomic E-state index is -1.24. The Labute approximate surface area is 198 Å². The third-order valence-electron chi connectivity index (χ3n) is 6.63. The van der Waals surface area contributed by atoms with E-state index in [0.29, 0.717) is 17.0 Å². The van der Waals surface area contributed by atoms with E-state index in [1.54, 1.807) is 19.1 Å². The number of nitrogens with zero attached hydrogens (tertiary/aromatic N) is 1. The quantitative estimate of drug-likeness (QED) is 0.531. The van der Waals surface area contributed by atoms with E-state index in [4.69, 9.17) is 4.74 Å². The summed E-state index contributed by atoms with van der Waals surface area (Å²) in [5.41, 5.74) is -0.00904. The monoisotopic (exact) mass is 457 g/mol. The summed E-state index contributed by atoms with van der Waals surface area (Å²) < 4.78 is 5.99. The van der Waals surface area contributed by atoms with Gasteiger partial charge in [0, 0.05) is 11.8 Å². The van der Waals surface area contributed by atoms with Crippen LogP contribution in [0.2, 0.25) is 0 Å². The summed E-state index contributed by atoms with van der Waals surface area (Å²) in [7, 11) is 0. The van der Waals surface area contributed by atoms with E-state index in [9.17, 15) is 14.4 Å². The summed E-state index contributed by atoms with van der Waals surface area (Å²) >= 11 is 0. The number of carbonyl (C=O) groups is 3. The van der Waals surface area contributed by atoms with E-state index in [1.165, 1.54) is 12.8 Å². The van der Waals surface area contributed by atoms with E-state index < -0.39 is 23.4 Å². The number of amides is 4. The highest BCUT2D eigenvalue weighted by atomic mass is 16.5. The molecule has 2 fully saturated rings. The number of urea groups is 1. The van der Waals surface area contributed by atoms with Gasteiger partial charge in [-0.05, 0) is 67.1 Å². The van der Waals surface area contributed by atoms with Crippen molar-refractivity contribution in [3.63, 3.8) is 0 Å². The summed E-state index contributed by atoms with van der Waals surface area (Å²) in [5.74, 6) is -0.214. The second-order valence-electron chi connectivity index (χ2n) is 9.11. The second kappa shape index (κ2) is 8.82. The highest BCUT2D eigenvalue weighted by Crippen LogP contribution is 2.31. The Kier molecular flexibility index (Phi) is 5.69. The highest BCUT2D eigenvalue weighted by molar-refractivity contribution is 6.10. The average molecular weight is 458 g/mol. The molecule has 2 aliphatic rings. The molecule has 34 heavy (non-hydrogen) atoms. The van der Waals surface area contributed by atoms with Gasteiger partial charge in [-0.2, -0.15) is 0 Å². The summed E-state index contributed by atoms with van der Waals surface area (Å²) in [6.45, 7) is 1.29. The van der Waals surface area contributed by atoms with Gasteiger partial charge < -0.3 is 15.4 Å². The fraction of sp³-hybridized carbons (Fsp3) is 0.296. The van der Waals surface area contributed by atoms with Crippen LogP contribution in [0.25, 0.3) is 10.8 Å². The van der Waals surface area contributed by atoms with Gasteiger partial charge >= 0.3 is 6.03 Å². The molecule has 174 valence electrons. The molecule has 7 nitrogen and oxygen atoms in total. The molecule has 0 spiro atoms. The van der Waals surface area contributed by atoms with Crippen LogP contribution in [0.3, 0.4) is 0 Å². The fourth-order valence-electron chi connectivity index (χ4n) is 4.73. The van der Waals surface area contributed by atoms with E-state index in [-0.39, 0.29) is 12.6 Å². The molecule has 0 radical (unpaired) electrons. The lowest BCUT2D eigenvalue weighted by Crippen LogP contribution is -2.42. The van der Waals surface area contributed by atoms with E-state index in [1.807, 2.05) is 54.6 Å². The standard InChI is InChI=1S/C27H27N3O4/c1-27(20-14-13-18-7-2-3-8-19(18)15-20)25(32)30(26(33)29-27)17-24(31)28-21-9-6-12-23(16-21)34-22-10-4-5-11-22/h2-3,6-9,12-16,22H,4-5,10-11,17H2,1H3,(H,28,31)(H,29,33)/t27-/m0/s1. The van der Waals surface area contributed by atoms with Gasteiger partial charge in [-0.1, -0.05) is 42.5 Å². The fourth-order valence-corrected chi connectivity index (χ4v) is 4.73. The van der Waals surface area contributed by atoms with Crippen LogP contribution in [0, 0.1) is 0 Å². The molecule has 0 unspecified atom stereocenters. The van der Waals surface area contributed by atoms with Gasteiger partial charge in [0.2, 0.25) is 5.91 Å². The third kappa shape index (κ3) is 4.21. The third-order valence-corrected chi connectivity index (χ3v) is 6.63. The minimum absolute atomic E-state index is 0.213. The van der Waals surface area contributed by atoms with Crippen molar-refractivity contribution < 1.29 is 19.1 Å². The molecule has 0 aromatic heterocycles. The number of anilines is 1. The van der Waals surface area contributed by atoms with Crippen LogP contribution in [-0.2, 0) is 15.1 Å². The first-order valence-electron chi connectivity index (χ1n) is 11.6. The van der Waals surface area contributed by atoms with Crippen molar-refractivity contribution in [3.05, 3.63) is 72.3 Å². The summed E-state index contributed by atoms with van der Waals surface area (Å²) in [6.07, 6.45) is 4.64. The molecule has 0 bridgehead atoms. The van der Waals surface area contributed by atoms with Gasteiger partial charge in [0.15, 0.2) is 0 Å². The molecule has 1 atom stereocenters. The Morgan fingerprint density at radius 1 is 1.03 bits per heavy atom. The van der Waals surface area contributed by atoms with Gasteiger partial charge in [0.25, 0.3) is 5.91 Å². The number of hydrogen-bond acceptors (Lipinski definition) is 4. The van der Waals surface area contributed by atoms with Crippen LogP contribution >= 0.6 is 0 Å². The molecule has 7 heteroatoms. The van der Waals surface area contributed by atoms with Gasteiger partial charge in [-0.15, -0.1) is 0 Å². The van der Waals surface area contributed by atoms with Crippen molar-refractivity contribution in [1.82, 2.24) is 10.2 Å². The van der Waals surface area contributed by atoms with Crippen molar-refractivity contribution in [2.24, 2.45) is 0 Å². The lowest BCUT2D eigenvalue weighted by atomic mass is 9.90. The molecule has 2 N–H and O–H groups in total. The van der Waals surface area contributed by atoms with Crippen LogP contribution in [0.1, 0.15) is 38.2 Å². The summed E-state index contributed by atoms with van der Waals surface area (Å²) in [5, 5.41) is 7.56. The van der Waals surface area contributed by atoms with Crippen LogP contribution < -0.4 is 15.4 Å². The molecule has 1 heterocycles. The molecular weight excluding hydrogens is 430 g/mol. The number of benzene rings is 3. The van der Waals surface area contributed by atoms with Crippen molar-refractivity contribution >= 4 is 34.3 Å². The lowest BCUT2D eigenvalue weighted by Gasteiger charge is -2.22. The van der Waals surface area contributed by atoms with Crippen LogP contribution in [0.15, 0.2) is 66.7 Å². The molecule has 1 saturated heterocycles. The molecule has 3 aromatic carbocycles. The van der Waals surface area contributed by atoms with E-state index in [0.717, 1.165) is 28.5 Å². The van der Waals surface area contributed by atoms with Crippen molar-refractivity contribution in [3.8, 4) is 5.75 Å². The van der Waals surface area contributed by atoms with Crippen LogP contribution in [0.4, 0.5) is 10.5 Å². The molecule has 3 aromatic rings. The van der Waals surface area contributed by atoms with Crippen LogP contribution in [-0.4, -0.2) is 35.4 Å². The Bertz CT molecular complexity index is 1270. The largest absolute Gasteiger partial charge is 0.490 e. The Balaban J connectivity index is 1.27. The maximum absolute atomic E-state index is 13.3. The summed E-state index contributed by atoms with van der Waals surface area (Å²) in [6, 6.07) is 20.1. The number of nitrogens with one attached hydrogen (secondary N) is 2. The maximum Gasteiger partial charge on any atom is 0.325 e. The van der Waals surface area contributed by atoms with Gasteiger partial charge in [-0.25, -0.2) is 4.79 Å². The molecule has 5 rings (SSSR count). The topological polar surface area (TPSA) is 87.7 Å². The molecule has 1 saturated carbocycles. The zero-order valence-corrected chi connectivity index (χ0v) is 19.0. The van der Waals surface area contributed by atoms with Crippen LogP contribution in [0.5, 0.6) is 5.75 Å². The maximum atomic E-state index is 13.3. The lowest BCUT2D eigenvalue weighted by molar-refractivity contribution is -0.133. The molecule has 4 amide bonds.